The largest absolute Gasteiger partial charge is 0.433 e. The summed E-state index contributed by atoms with van der Waals surface area (Å²) < 4.78 is 108. The molecule has 39 heavy (non-hydrogen) atoms. The van der Waals surface area contributed by atoms with E-state index in [4.69, 9.17) is 10.2 Å². The molecule has 0 amide bonds. The third kappa shape index (κ3) is 6.23. The van der Waals surface area contributed by atoms with Gasteiger partial charge in [-0.3, -0.25) is 0 Å². The summed E-state index contributed by atoms with van der Waals surface area (Å²) >= 11 is 0.720. The maximum Gasteiger partial charge on any atom is 0.433 e. The van der Waals surface area contributed by atoms with Crippen molar-refractivity contribution in [3.63, 3.8) is 0 Å². The molecule has 0 radical (unpaired) electrons. The molecular weight excluding hydrogens is 574 g/mol. The van der Waals surface area contributed by atoms with Crippen molar-refractivity contribution in [1.82, 2.24) is 19.3 Å². The average molecular weight is 591 g/mol. The van der Waals surface area contributed by atoms with Gasteiger partial charge in [0.15, 0.2) is 11.3 Å². The number of benzene rings is 1. The molecule has 16 heteroatoms. The predicted molar refractivity (Wildman–Crippen MR) is 127 cm³/mol. The molecule has 0 aliphatic heterocycles. The highest BCUT2D eigenvalue weighted by atomic mass is 32.2. The molecule has 0 aliphatic rings. The van der Waals surface area contributed by atoms with Gasteiger partial charge in [-0.25, -0.2) is 22.6 Å². The van der Waals surface area contributed by atoms with Crippen molar-refractivity contribution < 1.29 is 45.0 Å². The van der Waals surface area contributed by atoms with E-state index in [1.54, 1.807) is 0 Å². The van der Waals surface area contributed by atoms with E-state index in [1.165, 1.54) is 18.2 Å². The van der Waals surface area contributed by atoms with Gasteiger partial charge in [0.05, 0.1) is 47.2 Å². The van der Waals surface area contributed by atoms with Crippen LogP contribution in [0, 0.1) is 11.8 Å². The normalized spacial score (nSPS) is 12.6. The molecule has 0 aliphatic carbocycles. The first-order chi connectivity index (χ1) is 18.2. The summed E-state index contributed by atoms with van der Waals surface area (Å²) in [5.41, 5.74) is -3.41. The molecule has 4 rings (SSSR count). The van der Waals surface area contributed by atoms with Crippen LogP contribution in [0.3, 0.4) is 0 Å². The number of aromatic nitrogens is 3. The molecule has 1 aromatic carbocycles. The zero-order valence-electron chi connectivity index (χ0n) is 19.2. The van der Waals surface area contributed by atoms with Crippen LogP contribution in [0.25, 0.3) is 16.9 Å². The van der Waals surface area contributed by atoms with Crippen LogP contribution < -0.4 is 4.72 Å². The Bertz CT molecular complexity index is 1680. The van der Waals surface area contributed by atoms with Gasteiger partial charge in [-0.1, -0.05) is 24.0 Å². The number of halogens is 6. The van der Waals surface area contributed by atoms with Crippen molar-refractivity contribution in [1.29, 1.82) is 0 Å². The lowest BCUT2D eigenvalue weighted by atomic mass is 10.1. The number of sulfonamides is 1. The van der Waals surface area contributed by atoms with E-state index in [0.717, 1.165) is 29.7 Å². The smallest absolute Gasteiger partial charge is 0.395 e. The highest BCUT2D eigenvalue weighted by Gasteiger charge is 2.36. The Morgan fingerprint density at radius 3 is 2.36 bits per heavy atom. The number of fused-ring (bicyclic) bond motifs is 1. The number of hydrogen-bond donors (Lipinski definition) is 3. The summed E-state index contributed by atoms with van der Waals surface area (Å²) in [7, 11) is -4.10. The fourth-order valence-corrected chi connectivity index (χ4v) is 5.72. The molecule has 3 aromatic heterocycles. The third-order valence-electron chi connectivity index (χ3n) is 5.18. The Hall–Kier alpha value is -3.49. The summed E-state index contributed by atoms with van der Waals surface area (Å²) in [6, 6.07) is 5.72. The van der Waals surface area contributed by atoms with Crippen molar-refractivity contribution in [3.8, 4) is 23.1 Å². The van der Waals surface area contributed by atoms with Crippen molar-refractivity contribution in [2.24, 2.45) is 0 Å². The number of hydrogen-bond acceptors (Lipinski definition) is 7. The molecule has 0 atom stereocenters. The Balaban J connectivity index is 1.76. The van der Waals surface area contributed by atoms with Gasteiger partial charge in [0, 0.05) is 5.56 Å². The molecule has 3 heterocycles. The molecule has 0 bridgehead atoms. The zero-order valence-corrected chi connectivity index (χ0v) is 20.9. The molecule has 3 N–H and O–H groups in total. The van der Waals surface area contributed by atoms with E-state index in [0.29, 0.717) is 16.6 Å². The molecule has 4 aromatic rings. The summed E-state index contributed by atoms with van der Waals surface area (Å²) in [5, 5.41) is 21.9. The lowest BCUT2D eigenvalue weighted by molar-refractivity contribution is -0.142. The SMILES string of the molecule is O=S(=O)(NC(CO)CO)c1ccc(C#Cc2cnn3c(C(F)(F)F)cc(-c4cccc(C(F)(F)F)c4)nc23)s1. The van der Waals surface area contributed by atoms with Crippen LogP contribution >= 0.6 is 11.3 Å². The topological polar surface area (TPSA) is 117 Å². The van der Waals surface area contributed by atoms with Crippen LogP contribution in [0.1, 0.15) is 21.7 Å². The van der Waals surface area contributed by atoms with E-state index in [-0.39, 0.29) is 31.6 Å². The van der Waals surface area contributed by atoms with Crippen molar-refractivity contribution in [2.45, 2.75) is 22.6 Å². The number of nitrogens with one attached hydrogen (secondary N) is 1. The number of nitrogens with zero attached hydrogens (tertiary/aromatic N) is 3. The molecule has 0 saturated carbocycles. The second kappa shape index (κ2) is 10.6. The van der Waals surface area contributed by atoms with Crippen LogP contribution in [0.5, 0.6) is 0 Å². The molecule has 0 unspecified atom stereocenters. The van der Waals surface area contributed by atoms with Gasteiger partial charge >= 0.3 is 12.4 Å². The fraction of sp³-hybridized carbons (Fsp3) is 0.217. The van der Waals surface area contributed by atoms with Crippen LogP contribution in [0.15, 0.2) is 52.9 Å². The number of thiophene rings is 1. The van der Waals surface area contributed by atoms with E-state index in [1.807, 2.05) is 0 Å². The molecule has 0 saturated heterocycles. The molecular formula is C23H16F6N4O4S2. The first kappa shape index (κ1) is 28.5. The van der Waals surface area contributed by atoms with Gasteiger partial charge in [0.2, 0.25) is 0 Å². The maximum atomic E-state index is 13.8. The number of aliphatic hydroxyl groups is 2. The Kier molecular flexibility index (Phi) is 7.74. The molecule has 0 fully saturated rings. The van der Waals surface area contributed by atoms with Crippen molar-refractivity contribution >= 4 is 27.0 Å². The van der Waals surface area contributed by atoms with Gasteiger partial charge < -0.3 is 10.2 Å². The van der Waals surface area contributed by atoms with Gasteiger partial charge in [-0.15, -0.1) is 11.3 Å². The molecule has 206 valence electrons. The minimum absolute atomic E-state index is 0.0918. The Labute approximate surface area is 220 Å². The van der Waals surface area contributed by atoms with Crippen LogP contribution in [0.4, 0.5) is 26.3 Å². The van der Waals surface area contributed by atoms with Crippen molar-refractivity contribution in [2.75, 3.05) is 13.2 Å². The lowest BCUT2D eigenvalue weighted by Crippen LogP contribution is -2.39. The Morgan fingerprint density at radius 2 is 1.72 bits per heavy atom. The Morgan fingerprint density at radius 1 is 1.00 bits per heavy atom. The highest BCUT2D eigenvalue weighted by molar-refractivity contribution is 7.91. The van der Waals surface area contributed by atoms with Crippen LogP contribution in [-0.2, 0) is 22.4 Å². The van der Waals surface area contributed by atoms with E-state index >= 15 is 0 Å². The third-order valence-corrected chi connectivity index (χ3v) is 8.19. The fourth-order valence-electron chi connectivity index (χ4n) is 3.33. The number of aliphatic hydroxyl groups excluding tert-OH is 2. The summed E-state index contributed by atoms with van der Waals surface area (Å²) in [5.74, 6) is 5.19. The van der Waals surface area contributed by atoms with Crippen molar-refractivity contribution in [3.05, 3.63) is 70.4 Å². The molecule has 0 spiro atoms. The van der Waals surface area contributed by atoms with Gasteiger partial charge in [-0.2, -0.15) is 31.4 Å². The zero-order chi connectivity index (χ0) is 28.6. The van der Waals surface area contributed by atoms with Gasteiger partial charge in [-0.05, 0) is 30.3 Å². The molecule has 8 nitrogen and oxygen atoms in total. The average Bonchev–Trinajstić information content (AvgIpc) is 3.52. The maximum absolute atomic E-state index is 13.8. The van der Waals surface area contributed by atoms with E-state index in [9.17, 15) is 34.8 Å². The second-order valence-corrected chi connectivity index (χ2v) is 11.0. The summed E-state index contributed by atoms with van der Waals surface area (Å²) in [4.78, 5) is 4.29. The first-order valence-corrected chi connectivity index (χ1v) is 13.0. The standard InChI is InChI=1S/C23H16F6N4O4S2/c24-22(25,26)15-3-1-2-13(8-15)18-9-19(23(27,28)29)33-21(31-18)14(10-30-33)4-5-17-6-7-20(38-17)39(36,37)32-16(11-34)12-35/h1-3,6-10,16,32,34-35H,11-12H2. The highest BCUT2D eigenvalue weighted by Crippen LogP contribution is 2.35. The first-order valence-electron chi connectivity index (χ1n) is 10.7. The summed E-state index contributed by atoms with van der Waals surface area (Å²) in [6.45, 7) is -1.28. The predicted octanol–water partition coefficient (Wildman–Crippen LogP) is 3.53. The van der Waals surface area contributed by atoms with E-state index < -0.39 is 52.9 Å². The minimum atomic E-state index is -4.93. The second-order valence-electron chi connectivity index (χ2n) is 7.95. The van der Waals surface area contributed by atoms with Gasteiger partial charge in [0.1, 0.15) is 4.21 Å². The van der Waals surface area contributed by atoms with Gasteiger partial charge in [0.25, 0.3) is 10.0 Å². The van der Waals surface area contributed by atoms with E-state index in [2.05, 4.69) is 26.6 Å². The lowest BCUT2D eigenvalue weighted by Gasteiger charge is -2.12. The number of alkyl halides is 6. The van der Waals surface area contributed by atoms with Crippen LogP contribution in [0.2, 0.25) is 0 Å². The summed E-state index contributed by atoms with van der Waals surface area (Å²) in [6.07, 6.45) is -8.65. The van der Waals surface area contributed by atoms with Crippen LogP contribution in [-0.4, -0.2) is 52.5 Å². The monoisotopic (exact) mass is 590 g/mol. The minimum Gasteiger partial charge on any atom is -0.395 e. The number of rotatable bonds is 6. The quantitative estimate of drug-likeness (QED) is 0.234.